The third-order valence-electron chi connectivity index (χ3n) is 4.38. The van der Waals surface area contributed by atoms with Gasteiger partial charge in [0.1, 0.15) is 23.1 Å². The van der Waals surface area contributed by atoms with Crippen molar-refractivity contribution in [1.82, 2.24) is 4.98 Å². The number of fused-ring (bicyclic) bond motifs is 1. The van der Waals surface area contributed by atoms with E-state index in [4.69, 9.17) is 27.6 Å². The molecule has 4 rings (SSSR count). The number of aromatic hydroxyl groups is 1. The molecule has 4 nitrogen and oxygen atoms in total. The van der Waals surface area contributed by atoms with Gasteiger partial charge in [0.2, 0.25) is 0 Å². The van der Waals surface area contributed by atoms with Gasteiger partial charge in [-0.2, -0.15) is 0 Å². The van der Waals surface area contributed by atoms with Crippen molar-refractivity contribution in [2.75, 3.05) is 5.32 Å². The molecule has 0 bridgehead atoms. The SMILES string of the molecule is Cc1ccc2ccc(C(Nc3ccc(Cl)c(Cl)c3)c3ccco3)c(O)c2n1. The molecule has 0 saturated heterocycles. The Balaban J connectivity index is 1.83. The van der Waals surface area contributed by atoms with Gasteiger partial charge in [-0.15, -0.1) is 0 Å². The lowest BCUT2D eigenvalue weighted by Gasteiger charge is -2.20. The molecule has 1 atom stereocenters. The second-order valence-electron chi connectivity index (χ2n) is 6.25. The summed E-state index contributed by atoms with van der Waals surface area (Å²) >= 11 is 12.2. The Kier molecular flexibility index (Phi) is 4.68. The van der Waals surface area contributed by atoms with Crippen LogP contribution in [0.4, 0.5) is 5.69 Å². The quantitative estimate of drug-likeness (QED) is 0.420. The average Bonchev–Trinajstić information content (AvgIpc) is 3.18. The van der Waals surface area contributed by atoms with E-state index < -0.39 is 6.04 Å². The summed E-state index contributed by atoms with van der Waals surface area (Å²) in [4.78, 5) is 4.49. The number of benzene rings is 2. The molecule has 0 amide bonds. The fourth-order valence-corrected chi connectivity index (χ4v) is 3.33. The predicted molar refractivity (Wildman–Crippen MR) is 109 cm³/mol. The summed E-state index contributed by atoms with van der Waals surface area (Å²) in [5, 5.41) is 16.1. The topological polar surface area (TPSA) is 58.3 Å². The molecular weight excluding hydrogens is 383 g/mol. The number of nitrogens with one attached hydrogen (secondary N) is 1. The number of pyridine rings is 1. The van der Waals surface area contributed by atoms with Crippen LogP contribution in [0, 0.1) is 6.92 Å². The molecule has 4 aromatic rings. The molecule has 0 aliphatic carbocycles. The summed E-state index contributed by atoms with van der Waals surface area (Å²) in [6.45, 7) is 1.89. The molecule has 0 aliphatic rings. The number of aromatic nitrogens is 1. The van der Waals surface area contributed by atoms with Gasteiger partial charge in [-0.1, -0.05) is 41.4 Å². The monoisotopic (exact) mass is 398 g/mol. The highest BCUT2D eigenvalue weighted by Crippen LogP contribution is 2.37. The first-order valence-electron chi connectivity index (χ1n) is 8.37. The van der Waals surface area contributed by atoms with E-state index in [-0.39, 0.29) is 5.75 Å². The Hall–Kier alpha value is -2.69. The molecule has 0 saturated carbocycles. The van der Waals surface area contributed by atoms with Crippen LogP contribution in [-0.4, -0.2) is 10.1 Å². The number of phenolic OH excluding ortho intramolecular Hbond substituents is 1. The number of hydrogen-bond donors (Lipinski definition) is 2. The number of anilines is 1. The van der Waals surface area contributed by atoms with Gasteiger partial charge in [-0.25, -0.2) is 4.98 Å². The van der Waals surface area contributed by atoms with E-state index in [1.165, 1.54) is 0 Å². The molecule has 0 radical (unpaired) electrons. The lowest BCUT2D eigenvalue weighted by atomic mass is 10.00. The van der Waals surface area contributed by atoms with Crippen molar-refractivity contribution in [3.8, 4) is 5.75 Å². The van der Waals surface area contributed by atoms with Gasteiger partial charge < -0.3 is 14.8 Å². The predicted octanol–water partition coefficient (Wildman–Crippen LogP) is 6.35. The Morgan fingerprint density at radius 3 is 2.59 bits per heavy atom. The van der Waals surface area contributed by atoms with Gasteiger partial charge in [0.05, 0.1) is 16.3 Å². The molecule has 0 spiro atoms. The highest BCUT2D eigenvalue weighted by molar-refractivity contribution is 6.42. The van der Waals surface area contributed by atoms with Crippen LogP contribution in [-0.2, 0) is 0 Å². The Morgan fingerprint density at radius 2 is 1.85 bits per heavy atom. The third-order valence-corrected chi connectivity index (χ3v) is 5.11. The zero-order valence-electron chi connectivity index (χ0n) is 14.4. The second-order valence-corrected chi connectivity index (χ2v) is 7.06. The van der Waals surface area contributed by atoms with E-state index in [9.17, 15) is 5.11 Å². The van der Waals surface area contributed by atoms with Gasteiger partial charge in [0.25, 0.3) is 0 Å². The summed E-state index contributed by atoms with van der Waals surface area (Å²) in [6.07, 6.45) is 1.60. The lowest BCUT2D eigenvalue weighted by molar-refractivity contribution is 0.458. The summed E-state index contributed by atoms with van der Waals surface area (Å²) in [6, 6.07) is 16.2. The summed E-state index contributed by atoms with van der Waals surface area (Å²) in [7, 11) is 0. The minimum absolute atomic E-state index is 0.116. The van der Waals surface area contributed by atoms with Crippen molar-refractivity contribution in [2.24, 2.45) is 0 Å². The number of aryl methyl sites for hydroxylation is 1. The Morgan fingerprint density at radius 1 is 1.04 bits per heavy atom. The highest BCUT2D eigenvalue weighted by atomic mass is 35.5. The van der Waals surface area contributed by atoms with Crippen LogP contribution in [0.1, 0.15) is 23.1 Å². The fourth-order valence-electron chi connectivity index (χ4n) is 3.03. The first-order chi connectivity index (χ1) is 13.0. The van der Waals surface area contributed by atoms with Crippen LogP contribution in [0.5, 0.6) is 5.75 Å². The summed E-state index contributed by atoms with van der Waals surface area (Å²) < 4.78 is 5.61. The van der Waals surface area contributed by atoms with Crippen molar-refractivity contribution in [2.45, 2.75) is 13.0 Å². The Labute approximate surface area is 166 Å². The van der Waals surface area contributed by atoms with Crippen molar-refractivity contribution < 1.29 is 9.52 Å². The van der Waals surface area contributed by atoms with Gasteiger partial charge in [0, 0.05) is 22.3 Å². The van der Waals surface area contributed by atoms with E-state index in [1.807, 2.05) is 43.3 Å². The van der Waals surface area contributed by atoms with E-state index in [0.717, 1.165) is 16.8 Å². The van der Waals surface area contributed by atoms with Crippen LogP contribution >= 0.6 is 23.2 Å². The standard InChI is InChI=1S/C21H16Cl2N2O2/c1-12-4-5-13-6-8-15(21(26)19(13)24-12)20(18-3-2-10-27-18)25-14-7-9-16(22)17(23)11-14/h2-11,20,25-26H,1H3. The van der Waals surface area contributed by atoms with E-state index in [1.54, 1.807) is 24.5 Å². The fraction of sp³-hybridized carbons (Fsp3) is 0.0952. The number of halogens is 2. The normalized spacial score (nSPS) is 12.3. The Bertz CT molecular complexity index is 1110. The van der Waals surface area contributed by atoms with Crippen LogP contribution in [0.25, 0.3) is 10.9 Å². The van der Waals surface area contributed by atoms with Crippen LogP contribution in [0.2, 0.25) is 10.0 Å². The first kappa shape index (κ1) is 17.7. The zero-order valence-corrected chi connectivity index (χ0v) is 15.9. The maximum absolute atomic E-state index is 10.9. The van der Waals surface area contributed by atoms with Gasteiger partial charge in [-0.05, 0) is 43.3 Å². The molecule has 0 aliphatic heterocycles. The van der Waals surface area contributed by atoms with E-state index >= 15 is 0 Å². The van der Waals surface area contributed by atoms with Crippen LogP contribution in [0.3, 0.4) is 0 Å². The highest BCUT2D eigenvalue weighted by Gasteiger charge is 2.22. The van der Waals surface area contributed by atoms with Crippen molar-refractivity contribution in [3.05, 3.63) is 87.9 Å². The molecule has 6 heteroatoms. The second kappa shape index (κ2) is 7.14. The number of hydrogen-bond acceptors (Lipinski definition) is 4. The van der Waals surface area contributed by atoms with Crippen molar-refractivity contribution in [3.63, 3.8) is 0 Å². The minimum Gasteiger partial charge on any atom is -0.505 e. The van der Waals surface area contributed by atoms with Gasteiger partial charge in [0.15, 0.2) is 0 Å². The van der Waals surface area contributed by atoms with Crippen molar-refractivity contribution in [1.29, 1.82) is 0 Å². The molecule has 2 aromatic heterocycles. The van der Waals surface area contributed by atoms with Gasteiger partial charge >= 0.3 is 0 Å². The van der Waals surface area contributed by atoms with Gasteiger partial charge in [-0.3, -0.25) is 0 Å². The minimum atomic E-state index is -0.427. The largest absolute Gasteiger partial charge is 0.505 e. The maximum Gasteiger partial charge on any atom is 0.147 e. The lowest BCUT2D eigenvalue weighted by Crippen LogP contribution is -2.12. The summed E-state index contributed by atoms with van der Waals surface area (Å²) in [5.41, 5.74) is 2.80. The molecule has 2 N–H and O–H groups in total. The van der Waals surface area contributed by atoms with Crippen molar-refractivity contribution >= 4 is 39.8 Å². The zero-order chi connectivity index (χ0) is 19.0. The smallest absolute Gasteiger partial charge is 0.147 e. The maximum atomic E-state index is 10.9. The van der Waals surface area contributed by atoms with Crippen LogP contribution in [0.15, 0.2) is 65.3 Å². The van der Waals surface area contributed by atoms with Crippen LogP contribution < -0.4 is 5.32 Å². The molecule has 2 aromatic carbocycles. The summed E-state index contributed by atoms with van der Waals surface area (Å²) in [5.74, 6) is 0.772. The molecule has 0 fully saturated rings. The molecular formula is C21H16Cl2N2O2. The number of rotatable bonds is 4. The average molecular weight is 399 g/mol. The first-order valence-corrected chi connectivity index (χ1v) is 9.13. The third kappa shape index (κ3) is 3.46. The molecule has 136 valence electrons. The molecule has 1 unspecified atom stereocenters. The van der Waals surface area contributed by atoms with E-state index in [2.05, 4.69) is 10.3 Å². The number of phenols is 1. The molecule has 2 heterocycles. The number of furan rings is 1. The molecule has 27 heavy (non-hydrogen) atoms. The van der Waals surface area contributed by atoms with E-state index in [0.29, 0.717) is 26.9 Å². The number of nitrogens with zero attached hydrogens (tertiary/aromatic N) is 1.